The molecule has 1 unspecified atom stereocenters. The van der Waals surface area contributed by atoms with Crippen LogP contribution in [0.4, 0.5) is 8.78 Å². The first-order valence-corrected chi connectivity index (χ1v) is 4.52. The van der Waals surface area contributed by atoms with Crippen molar-refractivity contribution in [3.8, 4) is 0 Å². The van der Waals surface area contributed by atoms with Gasteiger partial charge in [0.05, 0.1) is 0 Å². The van der Waals surface area contributed by atoms with Crippen molar-refractivity contribution in [2.45, 2.75) is 19.8 Å². The van der Waals surface area contributed by atoms with E-state index in [-0.39, 0.29) is 5.92 Å². The predicted molar refractivity (Wildman–Crippen MR) is 49.9 cm³/mol. The van der Waals surface area contributed by atoms with Gasteiger partial charge in [0.15, 0.2) is 0 Å². The second-order valence-electron chi connectivity index (χ2n) is 3.43. The maximum atomic E-state index is 12.7. The maximum Gasteiger partial charge on any atom is 0.126 e. The Hall–Kier alpha value is -1.25. The first-order valence-electron chi connectivity index (χ1n) is 4.52. The summed E-state index contributed by atoms with van der Waals surface area (Å²) in [6, 6.07) is 3.42. The maximum absolute atomic E-state index is 12.7. The molecule has 0 amide bonds. The highest BCUT2D eigenvalue weighted by Gasteiger charge is 2.03. The minimum atomic E-state index is -0.571. The molecule has 0 N–H and O–H groups in total. The van der Waals surface area contributed by atoms with Gasteiger partial charge in [-0.3, -0.25) is 0 Å². The summed E-state index contributed by atoms with van der Waals surface area (Å²) in [5.74, 6) is -1.21. The molecule has 1 aromatic carbocycles. The van der Waals surface area contributed by atoms with Crippen LogP contribution in [0.25, 0.3) is 0 Å². The molecule has 0 saturated heterocycles. The van der Waals surface area contributed by atoms with Crippen LogP contribution in [0.1, 0.15) is 18.9 Å². The topological polar surface area (TPSA) is 17.1 Å². The number of carbonyl (C=O) groups excluding carboxylic acids is 1. The Morgan fingerprint density at radius 1 is 1.29 bits per heavy atom. The molecule has 0 bridgehead atoms. The summed E-state index contributed by atoms with van der Waals surface area (Å²) < 4.78 is 25.4. The van der Waals surface area contributed by atoms with E-state index >= 15 is 0 Å². The van der Waals surface area contributed by atoms with Crippen LogP contribution in [0.15, 0.2) is 18.2 Å². The third-order valence-electron chi connectivity index (χ3n) is 2.04. The molecule has 0 spiro atoms. The number of halogens is 2. The number of rotatable bonds is 4. The largest absolute Gasteiger partial charge is 0.303 e. The quantitative estimate of drug-likeness (QED) is 0.680. The Bertz CT molecular complexity index is 303. The number of hydrogen-bond donors (Lipinski definition) is 0. The molecule has 1 aromatic rings. The Morgan fingerprint density at radius 2 is 1.86 bits per heavy atom. The van der Waals surface area contributed by atoms with Gasteiger partial charge < -0.3 is 4.79 Å². The van der Waals surface area contributed by atoms with Crippen LogP contribution < -0.4 is 0 Å². The number of aldehydes is 1. The Labute approximate surface area is 81.7 Å². The third-order valence-corrected chi connectivity index (χ3v) is 2.04. The zero-order chi connectivity index (χ0) is 10.6. The lowest BCUT2D eigenvalue weighted by Crippen LogP contribution is -1.98. The molecule has 0 fully saturated rings. The Kier molecular flexibility index (Phi) is 3.74. The number of aryl methyl sites for hydroxylation is 1. The van der Waals surface area contributed by atoms with Crippen LogP contribution in [0.5, 0.6) is 0 Å². The molecule has 0 aliphatic heterocycles. The highest BCUT2D eigenvalue weighted by atomic mass is 19.1. The highest BCUT2D eigenvalue weighted by Crippen LogP contribution is 2.12. The van der Waals surface area contributed by atoms with E-state index in [0.717, 1.165) is 12.4 Å². The fourth-order valence-electron chi connectivity index (χ4n) is 1.22. The number of carbonyl (C=O) groups is 1. The van der Waals surface area contributed by atoms with E-state index in [1.54, 1.807) is 6.92 Å². The summed E-state index contributed by atoms with van der Waals surface area (Å²) in [5.41, 5.74) is 0.594. The van der Waals surface area contributed by atoms with E-state index < -0.39 is 11.6 Å². The van der Waals surface area contributed by atoms with Gasteiger partial charge in [0, 0.05) is 12.0 Å². The highest BCUT2D eigenvalue weighted by molar-refractivity contribution is 5.52. The van der Waals surface area contributed by atoms with Crippen LogP contribution in [-0.4, -0.2) is 6.29 Å². The number of benzene rings is 1. The Morgan fingerprint density at radius 3 is 2.36 bits per heavy atom. The molecule has 0 aliphatic carbocycles. The lowest BCUT2D eigenvalue weighted by atomic mass is 10.0. The molecule has 14 heavy (non-hydrogen) atoms. The zero-order valence-electron chi connectivity index (χ0n) is 7.97. The van der Waals surface area contributed by atoms with E-state index in [9.17, 15) is 13.6 Å². The minimum Gasteiger partial charge on any atom is -0.303 e. The molecular formula is C11H12F2O. The van der Waals surface area contributed by atoms with Crippen LogP contribution in [0.2, 0.25) is 0 Å². The van der Waals surface area contributed by atoms with Crippen LogP contribution in [-0.2, 0) is 11.2 Å². The van der Waals surface area contributed by atoms with Gasteiger partial charge in [-0.2, -0.15) is 0 Å². The Balaban J connectivity index is 2.62. The molecule has 0 heterocycles. The average Bonchev–Trinajstić information content (AvgIpc) is 2.12. The summed E-state index contributed by atoms with van der Waals surface area (Å²) in [5, 5.41) is 0. The van der Waals surface area contributed by atoms with E-state index in [2.05, 4.69) is 0 Å². The van der Waals surface area contributed by atoms with Crippen molar-refractivity contribution in [1.29, 1.82) is 0 Å². The summed E-state index contributed by atoms with van der Waals surface area (Å²) in [7, 11) is 0. The van der Waals surface area contributed by atoms with Crippen LogP contribution in [0.3, 0.4) is 0 Å². The molecule has 1 nitrogen and oxygen atoms in total. The van der Waals surface area contributed by atoms with E-state index in [1.807, 2.05) is 0 Å². The van der Waals surface area contributed by atoms with Crippen molar-refractivity contribution in [1.82, 2.24) is 0 Å². The molecule has 0 aliphatic rings. The van der Waals surface area contributed by atoms with Crippen LogP contribution in [0, 0.1) is 17.6 Å². The summed E-state index contributed by atoms with van der Waals surface area (Å²) in [6.45, 7) is 1.78. The minimum absolute atomic E-state index is 0.0682. The van der Waals surface area contributed by atoms with Crippen molar-refractivity contribution in [3.05, 3.63) is 35.4 Å². The lowest BCUT2D eigenvalue weighted by molar-refractivity contribution is -0.110. The molecule has 76 valence electrons. The van der Waals surface area contributed by atoms with Gasteiger partial charge >= 0.3 is 0 Å². The second kappa shape index (κ2) is 4.84. The summed E-state index contributed by atoms with van der Waals surface area (Å²) >= 11 is 0. The third kappa shape index (κ3) is 3.24. The lowest BCUT2D eigenvalue weighted by Gasteiger charge is -2.04. The van der Waals surface area contributed by atoms with Gasteiger partial charge in [0.25, 0.3) is 0 Å². The molecule has 1 atom stereocenters. The molecule has 0 saturated carbocycles. The van der Waals surface area contributed by atoms with Crippen molar-refractivity contribution < 1.29 is 13.6 Å². The van der Waals surface area contributed by atoms with Gasteiger partial charge in [-0.1, -0.05) is 6.92 Å². The molecule has 3 heteroatoms. The van der Waals surface area contributed by atoms with Gasteiger partial charge in [0.2, 0.25) is 0 Å². The number of hydrogen-bond acceptors (Lipinski definition) is 1. The van der Waals surface area contributed by atoms with Gasteiger partial charge in [-0.25, -0.2) is 8.78 Å². The predicted octanol–water partition coefficient (Wildman–Crippen LogP) is 2.73. The second-order valence-corrected chi connectivity index (χ2v) is 3.43. The van der Waals surface area contributed by atoms with Crippen molar-refractivity contribution in [2.75, 3.05) is 0 Å². The fourth-order valence-corrected chi connectivity index (χ4v) is 1.22. The van der Waals surface area contributed by atoms with Crippen molar-refractivity contribution >= 4 is 6.29 Å². The van der Waals surface area contributed by atoms with Crippen molar-refractivity contribution in [2.24, 2.45) is 5.92 Å². The first kappa shape index (κ1) is 10.8. The van der Waals surface area contributed by atoms with Crippen molar-refractivity contribution in [3.63, 3.8) is 0 Å². The molecule has 0 radical (unpaired) electrons. The monoisotopic (exact) mass is 198 g/mol. The van der Waals surface area contributed by atoms with Crippen LogP contribution >= 0.6 is 0 Å². The van der Waals surface area contributed by atoms with Gasteiger partial charge in [-0.05, 0) is 30.5 Å². The average molecular weight is 198 g/mol. The fraction of sp³-hybridized carbons (Fsp3) is 0.364. The van der Waals surface area contributed by atoms with Gasteiger partial charge in [-0.15, -0.1) is 0 Å². The standard InChI is InChI=1S/C11H12F2O/c1-8(7-14)2-3-9-4-10(12)6-11(13)5-9/h4-8H,2-3H2,1H3. The zero-order valence-corrected chi connectivity index (χ0v) is 7.97. The molecular weight excluding hydrogens is 186 g/mol. The molecule has 1 rings (SSSR count). The molecule has 0 aromatic heterocycles. The normalized spacial score (nSPS) is 12.5. The summed E-state index contributed by atoms with van der Waals surface area (Å²) in [6.07, 6.45) is 1.98. The summed E-state index contributed by atoms with van der Waals surface area (Å²) in [4.78, 5) is 10.3. The van der Waals surface area contributed by atoms with Gasteiger partial charge in [0.1, 0.15) is 17.9 Å². The van der Waals surface area contributed by atoms with E-state index in [1.165, 1.54) is 12.1 Å². The SMILES string of the molecule is CC(C=O)CCc1cc(F)cc(F)c1. The van der Waals surface area contributed by atoms with E-state index in [0.29, 0.717) is 18.4 Å². The van der Waals surface area contributed by atoms with E-state index in [4.69, 9.17) is 0 Å². The smallest absolute Gasteiger partial charge is 0.126 e. The first-order chi connectivity index (χ1) is 6.61.